The highest BCUT2D eigenvalue weighted by Gasteiger charge is 2.34. The van der Waals surface area contributed by atoms with E-state index in [4.69, 9.17) is 15.2 Å². The van der Waals surface area contributed by atoms with Gasteiger partial charge in [-0.2, -0.15) is 0 Å². The van der Waals surface area contributed by atoms with Crippen LogP contribution in [0.3, 0.4) is 0 Å². The van der Waals surface area contributed by atoms with Crippen molar-refractivity contribution in [1.82, 2.24) is 0 Å². The lowest BCUT2D eigenvalue weighted by Crippen LogP contribution is -2.32. The fraction of sp³-hybridized carbons (Fsp3) is 0.571. The Morgan fingerprint density at radius 2 is 1.86 bits per heavy atom. The summed E-state index contributed by atoms with van der Waals surface area (Å²) in [4.78, 5) is 10.7. The van der Waals surface area contributed by atoms with Crippen LogP contribution in [-0.4, -0.2) is 22.9 Å². The third-order valence-electron chi connectivity index (χ3n) is 4.33. The van der Waals surface area contributed by atoms with Gasteiger partial charge in [-0.15, -0.1) is 12.4 Å². The molecule has 1 aromatic carbocycles. The van der Waals surface area contributed by atoms with Crippen molar-refractivity contribution in [3.8, 4) is 11.5 Å². The summed E-state index contributed by atoms with van der Waals surface area (Å²) in [6.45, 7) is 0.0381. The number of benzene rings is 1. The Balaban J connectivity index is 0.00000176. The Morgan fingerprint density at radius 1 is 1.27 bits per heavy atom. The molecule has 1 fully saturated rings. The second-order valence-corrected chi connectivity index (χ2v) is 5.58. The minimum Gasteiger partial charge on any atom is -0.454 e. The van der Waals surface area contributed by atoms with Crippen LogP contribution in [-0.2, 0) is 0 Å². The number of nitrogens with zero attached hydrogens (tertiary/aromatic N) is 1. The predicted octanol–water partition coefficient (Wildman–Crippen LogP) is 2.30. The standard InChI is InChI=1S/C14H18N2O5.ClH/c15-13(14(17)8-3-1-2-4-8)9-5-11-12(21-7-20-11)6-10(9)16(18)19;/h5-6,8,13-14,17H,1-4,7,15H2;1H/t13-,14+;/m1./s1. The largest absolute Gasteiger partial charge is 0.454 e. The molecule has 0 saturated heterocycles. The number of aliphatic hydroxyl groups is 1. The third-order valence-corrected chi connectivity index (χ3v) is 4.33. The monoisotopic (exact) mass is 330 g/mol. The van der Waals surface area contributed by atoms with Gasteiger partial charge in [0.25, 0.3) is 5.69 Å². The zero-order valence-electron chi connectivity index (χ0n) is 11.9. The molecule has 1 heterocycles. The van der Waals surface area contributed by atoms with Gasteiger partial charge in [-0.3, -0.25) is 10.1 Å². The van der Waals surface area contributed by atoms with Gasteiger partial charge in [0.2, 0.25) is 6.79 Å². The first-order valence-corrected chi connectivity index (χ1v) is 7.09. The minimum atomic E-state index is -0.803. The van der Waals surface area contributed by atoms with E-state index >= 15 is 0 Å². The van der Waals surface area contributed by atoms with Gasteiger partial charge in [0.05, 0.1) is 28.7 Å². The molecule has 7 nitrogen and oxygen atoms in total. The lowest BCUT2D eigenvalue weighted by Gasteiger charge is -2.24. The molecule has 0 bridgehead atoms. The van der Waals surface area contributed by atoms with Crippen LogP contribution < -0.4 is 15.2 Å². The zero-order valence-corrected chi connectivity index (χ0v) is 12.8. The van der Waals surface area contributed by atoms with E-state index in [-0.39, 0.29) is 30.8 Å². The number of ether oxygens (including phenoxy) is 2. The van der Waals surface area contributed by atoms with Crippen LogP contribution in [0, 0.1) is 16.0 Å². The molecule has 0 unspecified atom stereocenters. The van der Waals surface area contributed by atoms with E-state index in [1.165, 1.54) is 12.1 Å². The van der Waals surface area contributed by atoms with E-state index in [0.29, 0.717) is 17.1 Å². The quantitative estimate of drug-likeness (QED) is 0.647. The van der Waals surface area contributed by atoms with Gasteiger partial charge in [0.15, 0.2) is 11.5 Å². The molecule has 122 valence electrons. The van der Waals surface area contributed by atoms with Crippen molar-refractivity contribution in [2.24, 2.45) is 11.7 Å². The number of hydrogen-bond acceptors (Lipinski definition) is 6. The van der Waals surface area contributed by atoms with Crippen LogP contribution in [0.5, 0.6) is 11.5 Å². The number of nitro benzene ring substituents is 1. The van der Waals surface area contributed by atoms with Gasteiger partial charge in [0, 0.05) is 0 Å². The summed E-state index contributed by atoms with van der Waals surface area (Å²) in [6, 6.07) is 2.03. The van der Waals surface area contributed by atoms with E-state index in [0.717, 1.165) is 25.7 Å². The van der Waals surface area contributed by atoms with Crippen LogP contribution in [0.1, 0.15) is 37.3 Å². The van der Waals surface area contributed by atoms with Crippen molar-refractivity contribution in [2.75, 3.05) is 6.79 Å². The Kier molecular flexibility index (Phi) is 5.10. The van der Waals surface area contributed by atoms with Crippen molar-refractivity contribution in [3.63, 3.8) is 0 Å². The number of hydrogen-bond donors (Lipinski definition) is 2. The molecule has 3 N–H and O–H groups in total. The van der Waals surface area contributed by atoms with E-state index < -0.39 is 17.1 Å². The lowest BCUT2D eigenvalue weighted by atomic mass is 9.90. The van der Waals surface area contributed by atoms with Gasteiger partial charge in [-0.05, 0) is 24.8 Å². The third kappa shape index (κ3) is 2.97. The van der Waals surface area contributed by atoms with Gasteiger partial charge < -0.3 is 20.3 Å². The molecule has 1 aliphatic carbocycles. The molecule has 2 aliphatic rings. The van der Waals surface area contributed by atoms with Crippen LogP contribution in [0.2, 0.25) is 0 Å². The highest BCUT2D eigenvalue weighted by atomic mass is 35.5. The van der Waals surface area contributed by atoms with Crippen LogP contribution in [0.25, 0.3) is 0 Å². The zero-order chi connectivity index (χ0) is 15.0. The van der Waals surface area contributed by atoms with Crippen LogP contribution in [0.15, 0.2) is 12.1 Å². The molecule has 1 aliphatic heterocycles. The van der Waals surface area contributed by atoms with E-state index in [2.05, 4.69) is 0 Å². The maximum absolute atomic E-state index is 11.2. The van der Waals surface area contributed by atoms with Gasteiger partial charge in [-0.25, -0.2) is 0 Å². The molecule has 1 saturated carbocycles. The van der Waals surface area contributed by atoms with E-state index in [1.807, 2.05) is 0 Å². The summed E-state index contributed by atoms with van der Waals surface area (Å²) >= 11 is 0. The second kappa shape index (κ2) is 6.68. The topological polar surface area (TPSA) is 108 Å². The number of halogens is 1. The Hall–Kier alpha value is -1.57. The SMILES string of the molecule is Cl.N[C@H](c1cc2c(cc1[N+](=O)[O-])OCO2)[C@@H](O)C1CCCC1. The minimum absolute atomic E-state index is 0. The highest BCUT2D eigenvalue weighted by Crippen LogP contribution is 2.42. The fourth-order valence-electron chi connectivity index (χ4n) is 3.15. The maximum Gasteiger partial charge on any atom is 0.278 e. The maximum atomic E-state index is 11.2. The average Bonchev–Trinajstić information content (AvgIpc) is 3.14. The van der Waals surface area contributed by atoms with Crippen molar-refractivity contribution in [2.45, 2.75) is 37.8 Å². The molecule has 1 aromatic rings. The van der Waals surface area contributed by atoms with Crippen molar-refractivity contribution < 1.29 is 19.5 Å². The molecule has 3 rings (SSSR count). The van der Waals surface area contributed by atoms with E-state index in [9.17, 15) is 15.2 Å². The van der Waals surface area contributed by atoms with Gasteiger partial charge in [-0.1, -0.05) is 12.8 Å². The molecule has 2 atom stereocenters. The van der Waals surface area contributed by atoms with Crippen LogP contribution >= 0.6 is 12.4 Å². The van der Waals surface area contributed by atoms with Crippen molar-refractivity contribution in [3.05, 3.63) is 27.8 Å². The summed E-state index contributed by atoms with van der Waals surface area (Å²) in [5, 5.41) is 21.6. The fourth-order valence-corrected chi connectivity index (χ4v) is 3.15. The molecular formula is C14H19ClN2O5. The summed E-state index contributed by atoms with van der Waals surface area (Å²) < 4.78 is 10.4. The van der Waals surface area contributed by atoms with Gasteiger partial charge in [0.1, 0.15) is 0 Å². The first-order chi connectivity index (χ1) is 10.1. The Bertz CT molecular complexity index is 562. The number of nitro groups is 1. The summed E-state index contributed by atoms with van der Waals surface area (Å²) in [5.41, 5.74) is 6.26. The molecule has 22 heavy (non-hydrogen) atoms. The summed E-state index contributed by atoms with van der Waals surface area (Å²) in [5.74, 6) is 0.878. The first-order valence-electron chi connectivity index (χ1n) is 7.09. The summed E-state index contributed by atoms with van der Waals surface area (Å²) in [6.07, 6.45) is 3.17. The Labute approximate surface area is 134 Å². The predicted molar refractivity (Wildman–Crippen MR) is 81.4 cm³/mol. The number of nitrogens with two attached hydrogens (primary N) is 1. The summed E-state index contributed by atoms with van der Waals surface area (Å²) in [7, 11) is 0. The average molecular weight is 331 g/mol. The molecule has 0 amide bonds. The van der Waals surface area contributed by atoms with Crippen molar-refractivity contribution in [1.29, 1.82) is 0 Å². The highest BCUT2D eigenvalue weighted by molar-refractivity contribution is 5.85. The molecule has 0 spiro atoms. The Morgan fingerprint density at radius 3 is 2.45 bits per heavy atom. The normalized spacial score (nSPS) is 19.5. The smallest absolute Gasteiger partial charge is 0.278 e. The lowest BCUT2D eigenvalue weighted by molar-refractivity contribution is -0.385. The van der Waals surface area contributed by atoms with E-state index in [1.54, 1.807) is 0 Å². The number of fused-ring (bicyclic) bond motifs is 1. The van der Waals surface area contributed by atoms with Crippen molar-refractivity contribution >= 4 is 18.1 Å². The molecule has 0 radical (unpaired) electrons. The molecule has 0 aromatic heterocycles. The first kappa shape index (κ1) is 16.8. The van der Waals surface area contributed by atoms with Gasteiger partial charge >= 0.3 is 0 Å². The number of aliphatic hydroxyl groups excluding tert-OH is 1. The van der Waals surface area contributed by atoms with Crippen LogP contribution in [0.4, 0.5) is 5.69 Å². The molecular weight excluding hydrogens is 312 g/mol. The second-order valence-electron chi connectivity index (χ2n) is 5.58. The number of rotatable bonds is 4. The molecule has 8 heteroatoms.